The molecule has 8 rings (SSSR count). The second-order valence-electron chi connectivity index (χ2n) is 19.8. The summed E-state index contributed by atoms with van der Waals surface area (Å²) in [4.78, 5) is 26.2. The molecule has 5 aliphatic carbocycles. The smallest absolute Gasteiger partial charge is 0.333 e. The second kappa shape index (κ2) is 14.4. The van der Waals surface area contributed by atoms with E-state index in [1.54, 1.807) is 13.8 Å². The Morgan fingerprint density at radius 2 is 1.42 bits per heavy atom. The summed E-state index contributed by atoms with van der Waals surface area (Å²) >= 11 is 0. The number of rotatable bonds is 9. The van der Waals surface area contributed by atoms with Crippen LogP contribution in [0.1, 0.15) is 98.8 Å². The molecule has 15 nitrogen and oxygen atoms in total. The lowest BCUT2D eigenvalue weighted by atomic mass is 9.41. The molecule has 0 aromatic rings. The zero-order valence-electron chi connectivity index (χ0n) is 33.7. The summed E-state index contributed by atoms with van der Waals surface area (Å²) in [6.45, 7) is 9.33. The molecule has 2 spiro atoms. The molecule has 0 bridgehead atoms. The molecule has 3 heterocycles. The van der Waals surface area contributed by atoms with Gasteiger partial charge in [0.05, 0.1) is 24.7 Å². The minimum absolute atomic E-state index is 0.000477. The average molecular weight is 809 g/mol. The molecule has 0 aromatic carbocycles. The Kier molecular flexibility index (Phi) is 10.6. The molecule has 0 aromatic heterocycles. The van der Waals surface area contributed by atoms with Crippen molar-refractivity contribution in [1.29, 1.82) is 0 Å². The van der Waals surface area contributed by atoms with E-state index in [-0.39, 0.29) is 45.6 Å². The third kappa shape index (κ3) is 5.84. The molecule has 4 unspecified atom stereocenters. The third-order valence-electron chi connectivity index (χ3n) is 18.0. The quantitative estimate of drug-likeness (QED) is 0.121. The first-order valence-electron chi connectivity index (χ1n) is 21.2. The topological polar surface area (TPSA) is 242 Å². The minimum atomic E-state index is -1.83. The number of aliphatic hydroxyl groups is 7. The van der Waals surface area contributed by atoms with Crippen molar-refractivity contribution >= 4 is 11.9 Å². The highest BCUT2D eigenvalue weighted by molar-refractivity contribution is 5.88. The second-order valence-corrected chi connectivity index (χ2v) is 19.8. The number of fused-ring (bicyclic) bond motifs is 2. The van der Waals surface area contributed by atoms with Gasteiger partial charge in [-0.3, -0.25) is 4.79 Å². The molecule has 15 heteroatoms. The number of hydrogen-bond donors (Lipinski definition) is 8. The molecule has 5 saturated carbocycles. The molecule has 21 atom stereocenters. The standard InChI is InChI=1S/C42H64O15/c1-19-6-7-22(53-34(19)50)20(2)21-10-12-39(4)25-8-9-26-40(5,37(51)52)27(11-13-41(26)18-42(25,41)15-14-38(21,39)3)56-36-33(31(48)29(46)24(17-44)55-36)57-35-32(49)30(47)28(45)23(16-43)54-35/h6,20-33,35-36,43-49H,7-18H2,1-5H3,(H,51,52)/t20?,21-,22?,23-,24-,25?,26?,27+,28-,29-,30+,31+,32-,33-,35+,36+,38-,39+,40+,41-,42+/m1/s1. The monoisotopic (exact) mass is 808 g/mol. The van der Waals surface area contributed by atoms with Crippen LogP contribution in [0.25, 0.3) is 0 Å². The molecular formula is C42H64O15. The Morgan fingerprint density at radius 3 is 2.07 bits per heavy atom. The van der Waals surface area contributed by atoms with Crippen molar-refractivity contribution in [3.05, 3.63) is 11.6 Å². The van der Waals surface area contributed by atoms with Gasteiger partial charge in [-0.25, -0.2) is 4.79 Å². The first-order valence-corrected chi connectivity index (χ1v) is 21.2. The number of aliphatic carboxylic acids is 1. The predicted octanol–water partition coefficient (Wildman–Crippen LogP) is 1.40. The number of hydrogen-bond acceptors (Lipinski definition) is 14. The van der Waals surface area contributed by atoms with Gasteiger partial charge in [0.2, 0.25) is 0 Å². The fourth-order valence-corrected chi connectivity index (χ4v) is 14.5. The summed E-state index contributed by atoms with van der Waals surface area (Å²) < 4.78 is 29.9. The van der Waals surface area contributed by atoms with Crippen LogP contribution in [-0.2, 0) is 33.3 Å². The van der Waals surface area contributed by atoms with Crippen molar-refractivity contribution in [3.8, 4) is 0 Å². The fraction of sp³-hybridized carbons (Fsp3) is 0.905. The summed E-state index contributed by atoms with van der Waals surface area (Å²) in [5.41, 5.74) is -0.827. The maximum Gasteiger partial charge on any atom is 0.333 e. The number of carboxylic acid groups (broad SMARTS) is 1. The lowest BCUT2D eigenvalue weighted by molar-refractivity contribution is -0.377. The number of cyclic esters (lactones) is 1. The fourth-order valence-electron chi connectivity index (χ4n) is 14.5. The Hall–Kier alpha value is -1.76. The van der Waals surface area contributed by atoms with E-state index in [4.69, 9.17) is 23.7 Å². The van der Waals surface area contributed by atoms with Gasteiger partial charge in [0, 0.05) is 12.0 Å². The van der Waals surface area contributed by atoms with E-state index in [1.807, 2.05) is 6.08 Å². The summed E-state index contributed by atoms with van der Waals surface area (Å²) in [5.74, 6) is -0.423. The molecule has 0 amide bonds. The van der Waals surface area contributed by atoms with Crippen LogP contribution in [0.15, 0.2) is 11.6 Å². The highest BCUT2D eigenvalue weighted by atomic mass is 16.8. The maximum absolute atomic E-state index is 13.7. The summed E-state index contributed by atoms with van der Waals surface area (Å²) in [7, 11) is 0. The van der Waals surface area contributed by atoms with Crippen molar-refractivity contribution in [2.45, 2.75) is 172 Å². The Balaban J connectivity index is 1.03. The van der Waals surface area contributed by atoms with Crippen molar-refractivity contribution in [3.63, 3.8) is 0 Å². The van der Waals surface area contributed by atoms with Gasteiger partial charge < -0.3 is 64.5 Å². The maximum atomic E-state index is 13.7. The molecule has 7 fully saturated rings. The number of carbonyl (C=O) groups excluding carboxylic acids is 1. The molecule has 8 aliphatic rings. The Bertz CT molecular complexity index is 1610. The van der Waals surface area contributed by atoms with Crippen LogP contribution in [0.3, 0.4) is 0 Å². The zero-order chi connectivity index (χ0) is 41.2. The van der Waals surface area contributed by atoms with Crippen LogP contribution >= 0.6 is 0 Å². The number of aliphatic hydroxyl groups excluding tert-OH is 7. The molecule has 3 aliphatic heterocycles. The van der Waals surface area contributed by atoms with Crippen LogP contribution in [-0.4, -0.2) is 140 Å². The van der Waals surface area contributed by atoms with E-state index in [0.717, 1.165) is 51.4 Å². The highest BCUT2D eigenvalue weighted by Crippen LogP contribution is 2.89. The van der Waals surface area contributed by atoms with E-state index in [2.05, 4.69) is 20.8 Å². The third-order valence-corrected chi connectivity index (χ3v) is 18.0. The van der Waals surface area contributed by atoms with Crippen molar-refractivity contribution < 1.29 is 74.1 Å². The lowest BCUT2D eigenvalue weighted by Crippen LogP contribution is -2.66. The van der Waals surface area contributed by atoms with Crippen LogP contribution in [0.2, 0.25) is 0 Å². The largest absolute Gasteiger partial charge is 0.481 e. The van der Waals surface area contributed by atoms with Crippen LogP contribution in [0.5, 0.6) is 0 Å². The minimum Gasteiger partial charge on any atom is -0.481 e. The van der Waals surface area contributed by atoms with E-state index >= 15 is 0 Å². The van der Waals surface area contributed by atoms with Gasteiger partial charge in [-0.05, 0) is 117 Å². The lowest BCUT2D eigenvalue weighted by Gasteiger charge is -2.63. The normalized spacial score (nSPS) is 55.0. The molecule has 2 saturated heterocycles. The number of esters is 1. The van der Waals surface area contributed by atoms with Crippen molar-refractivity contribution in [2.75, 3.05) is 13.2 Å². The van der Waals surface area contributed by atoms with E-state index in [0.29, 0.717) is 30.3 Å². The first kappa shape index (κ1) is 42.0. The molecule has 322 valence electrons. The number of ether oxygens (including phenoxy) is 5. The first-order chi connectivity index (χ1) is 26.8. The van der Waals surface area contributed by atoms with Gasteiger partial charge in [-0.2, -0.15) is 0 Å². The van der Waals surface area contributed by atoms with Gasteiger partial charge in [0.25, 0.3) is 0 Å². The van der Waals surface area contributed by atoms with Crippen molar-refractivity contribution in [2.24, 2.45) is 50.7 Å². The number of carboxylic acids is 1. The molecule has 8 N–H and O–H groups in total. The Labute approximate surface area is 333 Å². The molecule has 57 heavy (non-hydrogen) atoms. The van der Waals surface area contributed by atoms with Gasteiger partial charge in [-0.1, -0.05) is 26.8 Å². The molecule has 0 radical (unpaired) electrons. The van der Waals surface area contributed by atoms with Crippen molar-refractivity contribution in [1.82, 2.24) is 0 Å². The van der Waals surface area contributed by atoms with E-state index in [1.165, 1.54) is 0 Å². The highest BCUT2D eigenvalue weighted by Gasteiger charge is 2.83. The van der Waals surface area contributed by atoms with Gasteiger partial charge in [0.1, 0.15) is 54.9 Å². The molecular weight excluding hydrogens is 744 g/mol. The SMILES string of the molecule is CC1=CCC(C(C)[C@H]2CC[C@@]3(C)C4CCC5[C@@]6(CC[C@H](O[C@@H]7O[C@H](CO)[C@@H](O)[C@H](O)[C@H]7O[C@@H]7O[C@H](CO)[C@@H](O)[C@H](O)[C@H]7O)[C@@]5(C)C(=O)O)C[C@@]46CC[C@]23C)OC1=O. The van der Waals surface area contributed by atoms with Crippen LogP contribution < -0.4 is 0 Å². The van der Waals surface area contributed by atoms with Crippen LogP contribution in [0.4, 0.5) is 0 Å². The van der Waals surface area contributed by atoms with E-state index < -0.39 is 92.1 Å². The van der Waals surface area contributed by atoms with Gasteiger partial charge >= 0.3 is 11.9 Å². The van der Waals surface area contributed by atoms with Crippen LogP contribution in [0, 0.1) is 50.7 Å². The van der Waals surface area contributed by atoms with Gasteiger partial charge in [-0.15, -0.1) is 0 Å². The average Bonchev–Trinajstić information content (AvgIpc) is 3.77. The zero-order valence-corrected chi connectivity index (χ0v) is 33.7. The Morgan fingerprint density at radius 1 is 0.789 bits per heavy atom. The van der Waals surface area contributed by atoms with E-state index in [9.17, 15) is 50.4 Å². The predicted molar refractivity (Wildman–Crippen MR) is 198 cm³/mol. The number of carbonyl (C=O) groups is 2. The summed E-state index contributed by atoms with van der Waals surface area (Å²) in [6, 6.07) is 0. The summed E-state index contributed by atoms with van der Waals surface area (Å²) in [5, 5.41) is 84.5. The van der Waals surface area contributed by atoms with Gasteiger partial charge in [0.15, 0.2) is 12.6 Å². The summed E-state index contributed by atoms with van der Waals surface area (Å²) in [6.07, 6.45) is -6.63.